The molecule has 1 aliphatic heterocycles. The number of benzene rings is 1. The molecular formula is C14H10F2N2O4. The number of hydrogen-bond acceptors (Lipinski definition) is 4. The Balaban J connectivity index is 0.000000396. The monoisotopic (exact) mass is 308 g/mol. The third kappa shape index (κ3) is 3.15. The fourth-order valence-electron chi connectivity index (χ4n) is 1.86. The number of nitriles is 1. The first-order chi connectivity index (χ1) is 10.3. The van der Waals surface area contributed by atoms with E-state index in [2.05, 4.69) is 14.5 Å². The van der Waals surface area contributed by atoms with Gasteiger partial charge in [-0.2, -0.15) is 5.26 Å². The van der Waals surface area contributed by atoms with Gasteiger partial charge in [-0.15, -0.1) is 8.78 Å². The van der Waals surface area contributed by atoms with Crippen molar-refractivity contribution >= 4 is 5.97 Å². The molecule has 114 valence electrons. The maximum Gasteiger partial charge on any atom is 0.586 e. The minimum atomic E-state index is -3.67. The summed E-state index contributed by atoms with van der Waals surface area (Å²) in [6.45, 7) is 1.08. The van der Waals surface area contributed by atoms with E-state index in [0.717, 1.165) is 6.92 Å². The molecule has 1 aromatic heterocycles. The summed E-state index contributed by atoms with van der Waals surface area (Å²) >= 11 is 0. The number of carbonyl (C=O) groups is 1. The van der Waals surface area contributed by atoms with Gasteiger partial charge < -0.3 is 19.6 Å². The van der Waals surface area contributed by atoms with Crippen LogP contribution in [0.1, 0.15) is 12.5 Å². The van der Waals surface area contributed by atoms with Crippen LogP contribution in [0, 0.1) is 11.3 Å². The van der Waals surface area contributed by atoms with Crippen molar-refractivity contribution in [3.63, 3.8) is 0 Å². The molecule has 0 amide bonds. The second kappa shape index (κ2) is 5.73. The van der Waals surface area contributed by atoms with Gasteiger partial charge in [0, 0.05) is 30.4 Å². The SMILES string of the molecule is CC(=O)O.N#Cc1c[nH]cc1-c1cccc2c1OC(F)(F)O2. The van der Waals surface area contributed by atoms with E-state index < -0.39 is 12.3 Å². The normalized spacial score (nSPS) is 13.7. The van der Waals surface area contributed by atoms with Crippen LogP contribution in [0.15, 0.2) is 30.6 Å². The van der Waals surface area contributed by atoms with E-state index in [1.54, 1.807) is 18.3 Å². The van der Waals surface area contributed by atoms with Crippen molar-refractivity contribution in [3.05, 3.63) is 36.2 Å². The Hall–Kier alpha value is -3.08. The van der Waals surface area contributed by atoms with E-state index in [9.17, 15) is 8.78 Å². The van der Waals surface area contributed by atoms with Gasteiger partial charge in [0.05, 0.1) is 5.56 Å². The summed E-state index contributed by atoms with van der Waals surface area (Å²) in [5.74, 6) is -0.929. The van der Waals surface area contributed by atoms with Gasteiger partial charge in [-0.1, -0.05) is 12.1 Å². The van der Waals surface area contributed by atoms with Gasteiger partial charge in [0.25, 0.3) is 5.97 Å². The Kier molecular flexibility index (Phi) is 3.99. The molecule has 0 radical (unpaired) electrons. The number of hydrogen-bond donors (Lipinski definition) is 2. The van der Waals surface area contributed by atoms with Crippen molar-refractivity contribution in [2.75, 3.05) is 0 Å². The lowest BCUT2D eigenvalue weighted by Crippen LogP contribution is -2.26. The molecule has 1 aromatic carbocycles. The Morgan fingerprint density at radius 2 is 2.00 bits per heavy atom. The molecule has 2 N–H and O–H groups in total. The molecular weight excluding hydrogens is 298 g/mol. The second-order valence-corrected chi connectivity index (χ2v) is 4.21. The van der Waals surface area contributed by atoms with Crippen LogP contribution in [0.25, 0.3) is 11.1 Å². The van der Waals surface area contributed by atoms with Crippen molar-refractivity contribution in [1.29, 1.82) is 5.26 Å². The number of aliphatic carboxylic acids is 1. The molecule has 0 unspecified atom stereocenters. The van der Waals surface area contributed by atoms with Gasteiger partial charge in [-0.25, -0.2) is 0 Å². The number of halogens is 2. The van der Waals surface area contributed by atoms with Crippen molar-refractivity contribution < 1.29 is 28.2 Å². The average Bonchev–Trinajstić information content (AvgIpc) is 2.98. The maximum atomic E-state index is 13.0. The lowest BCUT2D eigenvalue weighted by Gasteiger charge is -2.06. The van der Waals surface area contributed by atoms with E-state index >= 15 is 0 Å². The number of nitrogens with one attached hydrogen (secondary N) is 1. The van der Waals surface area contributed by atoms with E-state index in [-0.39, 0.29) is 11.5 Å². The summed E-state index contributed by atoms with van der Waals surface area (Å²) < 4.78 is 34.9. The van der Waals surface area contributed by atoms with Crippen molar-refractivity contribution in [2.24, 2.45) is 0 Å². The predicted molar refractivity (Wildman–Crippen MR) is 70.5 cm³/mol. The Bertz CT molecular complexity index is 746. The molecule has 0 spiro atoms. The highest BCUT2D eigenvalue weighted by molar-refractivity contribution is 5.78. The standard InChI is InChI=1S/C12H6F2N2O2.C2H4O2/c13-12(14)17-10-3-1-2-8(11(10)18-12)9-6-16-5-7(9)4-15;1-2(3)4/h1-3,5-6,16H;1H3,(H,3,4). The van der Waals surface area contributed by atoms with Crippen LogP contribution in [-0.4, -0.2) is 22.4 Å². The van der Waals surface area contributed by atoms with Gasteiger partial charge in [0.2, 0.25) is 0 Å². The quantitative estimate of drug-likeness (QED) is 0.844. The van der Waals surface area contributed by atoms with Crippen molar-refractivity contribution in [2.45, 2.75) is 13.2 Å². The molecule has 0 aliphatic carbocycles. The summed E-state index contributed by atoms with van der Waals surface area (Å²) in [6.07, 6.45) is -0.627. The van der Waals surface area contributed by atoms with Crippen LogP contribution in [0.4, 0.5) is 8.78 Å². The van der Waals surface area contributed by atoms with E-state index in [4.69, 9.17) is 15.2 Å². The number of para-hydroxylation sites is 1. The Labute approximate surface area is 123 Å². The zero-order chi connectivity index (χ0) is 16.3. The minimum Gasteiger partial charge on any atom is -0.481 e. The first-order valence-electron chi connectivity index (χ1n) is 5.99. The average molecular weight is 308 g/mol. The van der Waals surface area contributed by atoms with Crippen molar-refractivity contribution in [1.82, 2.24) is 4.98 Å². The summed E-state index contributed by atoms with van der Waals surface area (Å²) in [5.41, 5.74) is 1.24. The molecule has 0 atom stereocenters. The number of rotatable bonds is 1. The smallest absolute Gasteiger partial charge is 0.481 e. The molecule has 2 aromatic rings. The molecule has 22 heavy (non-hydrogen) atoms. The lowest BCUT2D eigenvalue weighted by atomic mass is 10.0. The van der Waals surface area contributed by atoms with Crippen LogP contribution in [-0.2, 0) is 4.79 Å². The van der Waals surface area contributed by atoms with Crippen LogP contribution in [0.2, 0.25) is 0 Å². The number of H-pyrrole nitrogens is 1. The van der Waals surface area contributed by atoms with Gasteiger partial charge in [0.1, 0.15) is 6.07 Å². The number of carboxylic acid groups (broad SMARTS) is 1. The maximum absolute atomic E-state index is 13.0. The van der Waals surface area contributed by atoms with E-state index in [1.807, 2.05) is 6.07 Å². The summed E-state index contributed by atoms with van der Waals surface area (Å²) in [6, 6.07) is 6.51. The summed E-state index contributed by atoms with van der Waals surface area (Å²) in [4.78, 5) is 11.8. The zero-order valence-corrected chi connectivity index (χ0v) is 11.3. The molecule has 1 aliphatic rings. The fraction of sp³-hybridized carbons (Fsp3) is 0.143. The molecule has 8 heteroatoms. The van der Waals surface area contributed by atoms with Gasteiger partial charge in [-0.05, 0) is 6.07 Å². The van der Waals surface area contributed by atoms with Gasteiger partial charge >= 0.3 is 6.29 Å². The molecule has 0 bridgehead atoms. The number of ether oxygens (including phenoxy) is 2. The highest BCUT2D eigenvalue weighted by atomic mass is 19.3. The number of aromatic amines is 1. The van der Waals surface area contributed by atoms with Crippen LogP contribution in [0.3, 0.4) is 0 Å². The van der Waals surface area contributed by atoms with E-state index in [1.165, 1.54) is 12.3 Å². The lowest BCUT2D eigenvalue weighted by molar-refractivity contribution is -0.286. The number of alkyl halides is 2. The van der Waals surface area contributed by atoms with Crippen LogP contribution in [0.5, 0.6) is 11.5 Å². The number of carboxylic acids is 1. The first-order valence-corrected chi connectivity index (χ1v) is 5.99. The molecule has 6 nitrogen and oxygen atoms in total. The second-order valence-electron chi connectivity index (χ2n) is 4.21. The number of aromatic nitrogens is 1. The number of fused-ring (bicyclic) bond motifs is 1. The largest absolute Gasteiger partial charge is 0.586 e. The van der Waals surface area contributed by atoms with Crippen LogP contribution >= 0.6 is 0 Å². The topological polar surface area (TPSA) is 95.3 Å². The zero-order valence-electron chi connectivity index (χ0n) is 11.3. The van der Waals surface area contributed by atoms with E-state index in [0.29, 0.717) is 16.7 Å². The minimum absolute atomic E-state index is 0.0393. The molecule has 0 saturated carbocycles. The fourth-order valence-corrected chi connectivity index (χ4v) is 1.86. The molecule has 0 fully saturated rings. The number of nitrogens with zero attached hydrogens (tertiary/aromatic N) is 1. The predicted octanol–water partition coefficient (Wildman–Crippen LogP) is 2.97. The van der Waals surface area contributed by atoms with Crippen LogP contribution < -0.4 is 9.47 Å². The highest BCUT2D eigenvalue weighted by Gasteiger charge is 2.44. The third-order valence-electron chi connectivity index (χ3n) is 2.58. The Morgan fingerprint density at radius 1 is 1.32 bits per heavy atom. The summed E-state index contributed by atoms with van der Waals surface area (Å²) in [5, 5.41) is 16.3. The Morgan fingerprint density at radius 3 is 2.64 bits per heavy atom. The summed E-state index contributed by atoms with van der Waals surface area (Å²) in [7, 11) is 0. The first kappa shape index (κ1) is 15.3. The molecule has 3 rings (SSSR count). The highest BCUT2D eigenvalue weighted by Crippen LogP contribution is 2.47. The van der Waals surface area contributed by atoms with Gasteiger partial charge in [-0.3, -0.25) is 4.79 Å². The molecule has 2 heterocycles. The van der Waals surface area contributed by atoms with Gasteiger partial charge in [0.15, 0.2) is 11.5 Å². The third-order valence-corrected chi connectivity index (χ3v) is 2.58. The van der Waals surface area contributed by atoms with Crippen molar-refractivity contribution in [3.8, 4) is 28.7 Å². The molecule has 0 saturated heterocycles.